The van der Waals surface area contributed by atoms with E-state index in [1.807, 2.05) is 26.0 Å². The van der Waals surface area contributed by atoms with Crippen LogP contribution in [0, 0.1) is 13.8 Å². The maximum absolute atomic E-state index is 12.7. The summed E-state index contributed by atoms with van der Waals surface area (Å²) in [7, 11) is 0. The Morgan fingerprint density at radius 2 is 1.92 bits per heavy atom. The lowest BCUT2D eigenvalue weighted by Gasteiger charge is -2.17. The molecule has 0 aliphatic carbocycles. The molecule has 0 saturated carbocycles. The number of nitrogens with one attached hydrogen (secondary N) is 1. The van der Waals surface area contributed by atoms with E-state index in [9.17, 15) is 19.5 Å². The molecule has 0 aromatic heterocycles. The van der Waals surface area contributed by atoms with Gasteiger partial charge in [0.25, 0.3) is 5.24 Å². The van der Waals surface area contributed by atoms with Crippen molar-refractivity contribution in [1.29, 1.82) is 0 Å². The summed E-state index contributed by atoms with van der Waals surface area (Å²) in [5.41, 5.74) is 2.68. The third kappa shape index (κ3) is 3.57. The standard InChI is InChI=1S/C19H18N2O4S/c1-11-7-8-14(12(2)9-11)21-18(24)16(26-19(21)25)10-17(23)20-13-5-3-4-6-15(13)22/h3-9,16,22H,10H2,1-2H3,(H,20,23). The summed E-state index contributed by atoms with van der Waals surface area (Å²) in [6.07, 6.45) is -0.148. The number of benzene rings is 2. The molecular weight excluding hydrogens is 352 g/mol. The number of imide groups is 1. The number of hydrogen-bond acceptors (Lipinski definition) is 5. The lowest BCUT2D eigenvalue weighted by Crippen LogP contribution is -2.33. The number of aryl methyl sites for hydroxylation is 2. The zero-order valence-electron chi connectivity index (χ0n) is 14.4. The normalized spacial score (nSPS) is 16.8. The Hall–Kier alpha value is -2.80. The van der Waals surface area contributed by atoms with Gasteiger partial charge in [0.15, 0.2) is 0 Å². The predicted octanol–water partition coefficient (Wildman–Crippen LogP) is 3.61. The minimum Gasteiger partial charge on any atom is -0.506 e. The van der Waals surface area contributed by atoms with Crippen molar-refractivity contribution in [3.05, 3.63) is 53.6 Å². The van der Waals surface area contributed by atoms with Crippen molar-refractivity contribution in [2.75, 3.05) is 10.2 Å². The molecule has 0 spiro atoms. The van der Waals surface area contributed by atoms with Crippen LogP contribution in [0.2, 0.25) is 0 Å². The lowest BCUT2D eigenvalue weighted by atomic mass is 10.1. The molecule has 0 radical (unpaired) electrons. The van der Waals surface area contributed by atoms with Crippen LogP contribution in [0.3, 0.4) is 0 Å². The molecule has 2 N–H and O–H groups in total. The van der Waals surface area contributed by atoms with Crippen molar-refractivity contribution < 1.29 is 19.5 Å². The fourth-order valence-corrected chi connectivity index (χ4v) is 3.79. The van der Waals surface area contributed by atoms with Gasteiger partial charge in [-0.25, -0.2) is 4.90 Å². The van der Waals surface area contributed by atoms with E-state index in [0.29, 0.717) is 5.69 Å². The number of aromatic hydroxyl groups is 1. The summed E-state index contributed by atoms with van der Waals surface area (Å²) in [5.74, 6) is -0.897. The van der Waals surface area contributed by atoms with E-state index in [4.69, 9.17) is 0 Å². The molecule has 1 atom stereocenters. The van der Waals surface area contributed by atoms with Crippen LogP contribution in [0.1, 0.15) is 17.5 Å². The first kappa shape index (κ1) is 18.0. The Bertz CT molecular complexity index is 897. The number of anilines is 2. The number of carbonyl (C=O) groups is 3. The molecule has 1 saturated heterocycles. The van der Waals surface area contributed by atoms with Gasteiger partial charge in [-0.3, -0.25) is 14.4 Å². The number of rotatable bonds is 4. The van der Waals surface area contributed by atoms with Gasteiger partial charge in [0.2, 0.25) is 11.8 Å². The molecule has 1 unspecified atom stereocenters. The van der Waals surface area contributed by atoms with Gasteiger partial charge >= 0.3 is 0 Å². The summed E-state index contributed by atoms with van der Waals surface area (Å²) in [5, 5.41) is 11.1. The van der Waals surface area contributed by atoms with Gasteiger partial charge in [-0.05, 0) is 49.4 Å². The van der Waals surface area contributed by atoms with Crippen molar-refractivity contribution in [1.82, 2.24) is 0 Å². The fourth-order valence-electron chi connectivity index (χ4n) is 2.81. The highest BCUT2D eigenvalue weighted by molar-refractivity contribution is 8.15. The SMILES string of the molecule is Cc1ccc(N2C(=O)SC(CC(=O)Nc3ccccc3O)C2=O)c(C)c1. The monoisotopic (exact) mass is 370 g/mol. The van der Waals surface area contributed by atoms with Gasteiger partial charge in [-0.2, -0.15) is 0 Å². The van der Waals surface area contributed by atoms with Crippen LogP contribution in [0.25, 0.3) is 0 Å². The van der Waals surface area contributed by atoms with E-state index in [1.54, 1.807) is 24.3 Å². The molecule has 1 heterocycles. The Labute approximate surface area is 155 Å². The number of para-hydroxylation sites is 2. The van der Waals surface area contributed by atoms with Crippen LogP contribution >= 0.6 is 11.8 Å². The van der Waals surface area contributed by atoms with Crippen molar-refractivity contribution in [2.24, 2.45) is 0 Å². The Kier molecular flexibility index (Phi) is 4.99. The first-order chi connectivity index (χ1) is 12.4. The topological polar surface area (TPSA) is 86.7 Å². The Morgan fingerprint density at radius 3 is 2.62 bits per heavy atom. The van der Waals surface area contributed by atoms with E-state index < -0.39 is 17.1 Å². The average Bonchev–Trinajstić information content (AvgIpc) is 2.84. The number of hydrogen-bond donors (Lipinski definition) is 2. The molecular formula is C19H18N2O4S. The first-order valence-electron chi connectivity index (χ1n) is 8.06. The average molecular weight is 370 g/mol. The second-order valence-corrected chi connectivity index (χ2v) is 7.26. The maximum Gasteiger partial charge on any atom is 0.293 e. The summed E-state index contributed by atoms with van der Waals surface area (Å²) < 4.78 is 0. The molecule has 2 aromatic rings. The van der Waals surface area contributed by atoms with Gasteiger partial charge in [0, 0.05) is 6.42 Å². The van der Waals surface area contributed by atoms with Crippen molar-refractivity contribution in [3.8, 4) is 5.75 Å². The number of carbonyl (C=O) groups excluding carboxylic acids is 3. The minimum atomic E-state index is -0.783. The summed E-state index contributed by atoms with van der Waals surface area (Å²) in [6, 6.07) is 11.8. The molecule has 6 nitrogen and oxygen atoms in total. The summed E-state index contributed by atoms with van der Waals surface area (Å²) in [6.45, 7) is 3.77. The van der Waals surface area contributed by atoms with Gasteiger partial charge in [0.05, 0.1) is 11.4 Å². The molecule has 2 aromatic carbocycles. The Balaban J connectivity index is 1.72. The number of amides is 3. The number of thioether (sulfide) groups is 1. The van der Waals surface area contributed by atoms with E-state index in [1.165, 1.54) is 6.07 Å². The van der Waals surface area contributed by atoms with Crippen molar-refractivity contribution in [3.63, 3.8) is 0 Å². The van der Waals surface area contributed by atoms with Crippen LogP contribution in [0.4, 0.5) is 16.2 Å². The minimum absolute atomic E-state index is 0.0563. The van der Waals surface area contributed by atoms with E-state index in [2.05, 4.69) is 5.32 Å². The summed E-state index contributed by atoms with van der Waals surface area (Å²) >= 11 is 0.847. The smallest absolute Gasteiger partial charge is 0.293 e. The molecule has 3 amide bonds. The number of phenols is 1. The zero-order valence-corrected chi connectivity index (χ0v) is 15.2. The van der Waals surface area contributed by atoms with Crippen LogP contribution in [-0.2, 0) is 9.59 Å². The maximum atomic E-state index is 12.7. The third-order valence-corrected chi connectivity index (χ3v) is 5.10. The number of nitrogens with zero attached hydrogens (tertiary/aromatic N) is 1. The van der Waals surface area contributed by atoms with Crippen LogP contribution in [0.15, 0.2) is 42.5 Å². The predicted molar refractivity (Wildman–Crippen MR) is 102 cm³/mol. The van der Waals surface area contributed by atoms with Crippen LogP contribution in [0.5, 0.6) is 5.75 Å². The highest BCUT2D eigenvalue weighted by atomic mass is 32.2. The zero-order chi connectivity index (χ0) is 18.8. The molecule has 7 heteroatoms. The fraction of sp³-hybridized carbons (Fsp3) is 0.211. The Morgan fingerprint density at radius 1 is 1.19 bits per heavy atom. The highest BCUT2D eigenvalue weighted by Gasteiger charge is 2.42. The van der Waals surface area contributed by atoms with Crippen molar-refractivity contribution >= 4 is 40.2 Å². The van der Waals surface area contributed by atoms with Gasteiger partial charge in [0.1, 0.15) is 11.0 Å². The first-order valence-corrected chi connectivity index (χ1v) is 8.94. The van der Waals surface area contributed by atoms with E-state index in [-0.39, 0.29) is 23.1 Å². The van der Waals surface area contributed by atoms with Gasteiger partial charge < -0.3 is 10.4 Å². The van der Waals surface area contributed by atoms with Crippen LogP contribution in [-0.4, -0.2) is 27.4 Å². The quantitative estimate of drug-likeness (QED) is 0.803. The van der Waals surface area contributed by atoms with E-state index in [0.717, 1.165) is 27.8 Å². The number of phenolic OH excluding ortho intramolecular Hbond substituents is 1. The van der Waals surface area contributed by atoms with Gasteiger partial charge in [-0.1, -0.05) is 29.8 Å². The van der Waals surface area contributed by atoms with Gasteiger partial charge in [-0.15, -0.1) is 0 Å². The third-order valence-electron chi connectivity index (χ3n) is 4.06. The lowest BCUT2D eigenvalue weighted by molar-refractivity contribution is -0.121. The van der Waals surface area contributed by atoms with E-state index >= 15 is 0 Å². The largest absolute Gasteiger partial charge is 0.506 e. The molecule has 1 fully saturated rings. The molecule has 134 valence electrons. The highest BCUT2D eigenvalue weighted by Crippen LogP contribution is 2.35. The van der Waals surface area contributed by atoms with Crippen molar-refractivity contribution in [2.45, 2.75) is 25.5 Å². The van der Waals surface area contributed by atoms with Crippen LogP contribution < -0.4 is 10.2 Å². The molecule has 0 bridgehead atoms. The molecule has 1 aliphatic heterocycles. The summed E-state index contributed by atoms with van der Waals surface area (Å²) in [4.78, 5) is 38.3. The second-order valence-electron chi connectivity index (χ2n) is 6.11. The molecule has 3 rings (SSSR count). The second kappa shape index (κ2) is 7.21. The molecule has 26 heavy (non-hydrogen) atoms. The molecule has 1 aliphatic rings.